The van der Waals surface area contributed by atoms with Crippen molar-refractivity contribution in [1.82, 2.24) is 15.5 Å². The second kappa shape index (κ2) is 10.0. The Kier molecular flexibility index (Phi) is 7.75. The van der Waals surface area contributed by atoms with Gasteiger partial charge in [-0.15, -0.1) is 0 Å². The van der Waals surface area contributed by atoms with Crippen LogP contribution in [0.2, 0.25) is 0 Å². The Morgan fingerprint density at radius 3 is 2.62 bits per heavy atom. The topological polar surface area (TPSA) is 66.0 Å². The lowest BCUT2D eigenvalue weighted by atomic mass is 9.96. The molecule has 0 unspecified atom stereocenters. The molecule has 1 aromatic carbocycles. The van der Waals surface area contributed by atoms with E-state index in [0.29, 0.717) is 18.5 Å². The summed E-state index contributed by atoms with van der Waals surface area (Å²) in [6.07, 6.45) is 6.11. The third kappa shape index (κ3) is 6.58. The highest BCUT2D eigenvalue weighted by Gasteiger charge is 2.15. The maximum absolute atomic E-state index is 11.9. The van der Waals surface area contributed by atoms with Crippen LogP contribution in [-0.2, 0) is 11.3 Å². The number of nitrogens with zero attached hydrogens (tertiary/aromatic N) is 2. The summed E-state index contributed by atoms with van der Waals surface area (Å²) < 4.78 is 5.34. The molecule has 2 rings (SSSR count). The van der Waals surface area contributed by atoms with Crippen LogP contribution >= 0.6 is 0 Å². The van der Waals surface area contributed by atoms with Gasteiger partial charge in [-0.2, -0.15) is 0 Å². The van der Waals surface area contributed by atoms with Crippen LogP contribution in [0, 0.1) is 6.92 Å². The van der Waals surface area contributed by atoms with Gasteiger partial charge in [-0.05, 0) is 43.0 Å². The number of hydrogen-bond donors (Lipinski definition) is 2. The van der Waals surface area contributed by atoms with Crippen LogP contribution in [-0.4, -0.2) is 50.6 Å². The number of carbonyl (C=O) groups is 1. The predicted octanol–water partition coefficient (Wildman–Crippen LogP) is 2.46. The van der Waals surface area contributed by atoms with Crippen LogP contribution < -0.4 is 15.4 Å². The molecular weight excluding hydrogens is 328 g/mol. The summed E-state index contributed by atoms with van der Waals surface area (Å²) >= 11 is 0. The van der Waals surface area contributed by atoms with Crippen LogP contribution in [0.1, 0.15) is 43.2 Å². The van der Waals surface area contributed by atoms with Gasteiger partial charge in [0.2, 0.25) is 5.91 Å². The molecule has 0 spiro atoms. The van der Waals surface area contributed by atoms with E-state index in [0.717, 1.165) is 29.7 Å². The maximum atomic E-state index is 11.9. The highest BCUT2D eigenvalue weighted by atomic mass is 16.5. The van der Waals surface area contributed by atoms with Gasteiger partial charge in [0.1, 0.15) is 5.75 Å². The van der Waals surface area contributed by atoms with E-state index >= 15 is 0 Å². The lowest BCUT2D eigenvalue weighted by Gasteiger charge is -2.25. The van der Waals surface area contributed by atoms with Crippen LogP contribution in [0.15, 0.2) is 23.2 Å². The molecule has 1 aliphatic carbocycles. The Hall–Kier alpha value is -2.24. The normalized spacial score (nSPS) is 15.5. The number of aliphatic imine (C=N–C) groups is 1. The van der Waals surface area contributed by atoms with E-state index in [4.69, 9.17) is 9.73 Å². The number of hydrogen-bond acceptors (Lipinski definition) is 3. The fourth-order valence-corrected chi connectivity index (χ4v) is 3.11. The first-order chi connectivity index (χ1) is 12.5. The highest BCUT2D eigenvalue weighted by Crippen LogP contribution is 2.18. The molecule has 0 bridgehead atoms. The van der Waals surface area contributed by atoms with Crippen molar-refractivity contribution in [2.45, 2.75) is 51.6 Å². The number of carbonyl (C=O) groups excluding carboxylic acids is 1. The average Bonchev–Trinajstić information content (AvgIpc) is 2.63. The number of methoxy groups -OCH3 is 1. The first kappa shape index (κ1) is 20.1. The molecule has 144 valence electrons. The molecule has 2 N–H and O–H groups in total. The van der Waals surface area contributed by atoms with Gasteiger partial charge in [0, 0.05) is 20.1 Å². The zero-order valence-electron chi connectivity index (χ0n) is 16.5. The van der Waals surface area contributed by atoms with E-state index in [2.05, 4.69) is 16.7 Å². The first-order valence-corrected chi connectivity index (χ1v) is 9.37. The summed E-state index contributed by atoms with van der Waals surface area (Å²) in [5, 5.41) is 6.68. The molecule has 1 fully saturated rings. The highest BCUT2D eigenvalue weighted by molar-refractivity contribution is 5.86. The van der Waals surface area contributed by atoms with E-state index in [9.17, 15) is 4.79 Å². The van der Waals surface area contributed by atoms with Gasteiger partial charge in [0.05, 0.1) is 20.2 Å². The molecule has 1 aromatic rings. The predicted molar refractivity (Wildman–Crippen MR) is 106 cm³/mol. The van der Waals surface area contributed by atoms with Gasteiger partial charge < -0.3 is 20.3 Å². The summed E-state index contributed by atoms with van der Waals surface area (Å²) in [6.45, 7) is 2.82. The monoisotopic (exact) mass is 360 g/mol. The molecule has 1 amide bonds. The summed E-state index contributed by atoms with van der Waals surface area (Å²) in [6, 6.07) is 6.54. The van der Waals surface area contributed by atoms with E-state index in [1.807, 2.05) is 19.1 Å². The van der Waals surface area contributed by atoms with Crippen molar-refractivity contribution in [3.63, 3.8) is 0 Å². The van der Waals surface area contributed by atoms with E-state index < -0.39 is 0 Å². The Bertz CT molecular complexity index is 622. The third-order valence-corrected chi connectivity index (χ3v) is 4.62. The van der Waals surface area contributed by atoms with E-state index in [-0.39, 0.29) is 12.5 Å². The average molecular weight is 361 g/mol. The first-order valence-electron chi connectivity index (χ1n) is 9.37. The van der Waals surface area contributed by atoms with Crippen molar-refractivity contribution in [2.24, 2.45) is 4.99 Å². The van der Waals surface area contributed by atoms with Crippen molar-refractivity contribution in [3.05, 3.63) is 29.3 Å². The Balaban J connectivity index is 2.06. The number of amides is 1. The number of rotatable bonds is 6. The largest absolute Gasteiger partial charge is 0.497 e. The standard InChI is InChI=1S/C20H32N4O2/c1-15-10-16(12-18(11-15)26-4)13-21-20(22-14-19(25)24(2)3)23-17-8-6-5-7-9-17/h10-12,17H,5-9,13-14H2,1-4H3,(H2,21,22,23). The van der Waals surface area contributed by atoms with Gasteiger partial charge in [0.25, 0.3) is 0 Å². The molecule has 6 heteroatoms. The fraction of sp³-hybridized carbons (Fsp3) is 0.600. The van der Waals surface area contributed by atoms with Gasteiger partial charge in [-0.1, -0.05) is 25.3 Å². The molecular formula is C20H32N4O2. The SMILES string of the molecule is COc1cc(C)cc(CN=C(NCC(=O)N(C)C)NC2CCCCC2)c1. The summed E-state index contributed by atoms with van der Waals surface area (Å²) in [5.41, 5.74) is 2.23. The number of ether oxygens (including phenoxy) is 1. The number of aryl methyl sites for hydroxylation is 1. The van der Waals surface area contributed by atoms with Crippen molar-refractivity contribution in [2.75, 3.05) is 27.7 Å². The molecule has 1 saturated carbocycles. The lowest BCUT2D eigenvalue weighted by Crippen LogP contribution is -2.47. The molecule has 0 saturated heterocycles. The van der Waals surface area contributed by atoms with Crippen molar-refractivity contribution >= 4 is 11.9 Å². The second-order valence-electron chi connectivity index (χ2n) is 7.14. The van der Waals surface area contributed by atoms with Crippen molar-refractivity contribution < 1.29 is 9.53 Å². The number of benzene rings is 1. The third-order valence-electron chi connectivity index (χ3n) is 4.62. The van der Waals surface area contributed by atoms with Crippen LogP contribution in [0.4, 0.5) is 0 Å². The molecule has 26 heavy (non-hydrogen) atoms. The number of likely N-dealkylation sites (N-methyl/N-ethyl adjacent to an activating group) is 1. The second-order valence-corrected chi connectivity index (χ2v) is 7.14. The van der Waals surface area contributed by atoms with E-state index in [1.165, 1.54) is 19.3 Å². The van der Waals surface area contributed by atoms with Crippen LogP contribution in [0.25, 0.3) is 0 Å². The molecule has 0 heterocycles. The fourth-order valence-electron chi connectivity index (χ4n) is 3.11. The summed E-state index contributed by atoms with van der Waals surface area (Å²) in [4.78, 5) is 18.2. The summed E-state index contributed by atoms with van der Waals surface area (Å²) in [7, 11) is 5.19. The van der Waals surface area contributed by atoms with Gasteiger partial charge >= 0.3 is 0 Å². The van der Waals surface area contributed by atoms with Crippen molar-refractivity contribution in [3.8, 4) is 5.75 Å². The zero-order chi connectivity index (χ0) is 18.9. The minimum Gasteiger partial charge on any atom is -0.497 e. The molecule has 0 aromatic heterocycles. The molecule has 0 atom stereocenters. The summed E-state index contributed by atoms with van der Waals surface area (Å²) in [5.74, 6) is 1.57. The molecule has 1 aliphatic rings. The van der Waals surface area contributed by atoms with Gasteiger partial charge in [-0.25, -0.2) is 4.99 Å². The Labute approximate surface area is 157 Å². The van der Waals surface area contributed by atoms with E-state index in [1.54, 1.807) is 26.1 Å². The maximum Gasteiger partial charge on any atom is 0.241 e. The van der Waals surface area contributed by atoms with Gasteiger partial charge in [-0.3, -0.25) is 4.79 Å². The molecule has 0 radical (unpaired) electrons. The molecule has 6 nitrogen and oxygen atoms in total. The number of nitrogens with one attached hydrogen (secondary N) is 2. The number of guanidine groups is 1. The van der Waals surface area contributed by atoms with Crippen LogP contribution in [0.3, 0.4) is 0 Å². The minimum absolute atomic E-state index is 0.0281. The van der Waals surface area contributed by atoms with Crippen molar-refractivity contribution in [1.29, 1.82) is 0 Å². The Morgan fingerprint density at radius 2 is 1.96 bits per heavy atom. The zero-order valence-corrected chi connectivity index (χ0v) is 16.5. The quantitative estimate of drug-likeness (QED) is 0.604. The smallest absolute Gasteiger partial charge is 0.241 e. The van der Waals surface area contributed by atoms with Gasteiger partial charge in [0.15, 0.2) is 5.96 Å². The van der Waals surface area contributed by atoms with Crippen LogP contribution in [0.5, 0.6) is 5.75 Å². The lowest BCUT2D eigenvalue weighted by molar-refractivity contribution is -0.127. The minimum atomic E-state index is 0.0281. The molecule has 0 aliphatic heterocycles. The Morgan fingerprint density at radius 1 is 1.23 bits per heavy atom.